The molecule has 1 aromatic carbocycles. The highest BCUT2D eigenvalue weighted by atomic mass is 16.5. The molecule has 38 heavy (non-hydrogen) atoms. The molecule has 6 N–H and O–H groups in total. The van der Waals surface area contributed by atoms with Crippen molar-refractivity contribution in [3.05, 3.63) is 69.5 Å². The van der Waals surface area contributed by atoms with Gasteiger partial charge in [0.25, 0.3) is 5.91 Å². The second-order valence-electron chi connectivity index (χ2n) is 10.0. The van der Waals surface area contributed by atoms with Crippen LogP contribution >= 0.6 is 0 Å². The molecule has 3 aliphatic rings. The van der Waals surface area contributed by atoms with Gasteiger partial charge in [0.2, 0.25) is 17.3 Å². The summed E-state index contributed by atoms with van der Waals surface area (Å²) >= 11 is 0. The molecule has 12 nitrogen and oxygen atoms in total. The largest absolute Gasteiger partial charge is 0.510 e. The minimum atomic E-state index is -2.71. The second-order valence-corrected chi connectivity index (χ2v) is 10.0. The van der Waals surface area contributed by atoms with Crippen LogP contribution in [0.15, 0.2) is 51.6 Å². The molecular formula is C26H25N3O9. The minimum Gasteiger partial charge on any atom is -0.510 e. The number of carbonyl (C=O) groups is 4. The molecule has 2 aromatic rings. The van der Waals surface area contributed by atoms with Gasteiger partial charge in [0, 0.05) is 24.0 Å². The van der Waals surface area contributed by atoms with Crippen molar-refractivity contribution in [2.75, 3.05) is 14.1 Å². The van der Waals surface area contributed by atoms with Crippen molar-refractivity contribution >= 4 is 23.3 Å². The molecule has 3 aliphatic carbocycles. The van der Waals surface area contributed by atoms with Gasteiger partial charge in [-0.3, -0.25) is 24.1 Å². The maximum absolute atomic E-state index is 13.7. The smallest absolute Gasteiger partial charge is 0.255 e. The van der Waals surface area contributed by atoms with Gasteiger partial charge >= 0.3 is 0 Å². The summed E-state index contributed by atoms with van der Waals surface area (Å²) in [6.07, 6.45) is 1.21. The number of ketones is 3. The average molecular weight is 523 g/mol. The third kappa shape index (κ3) is 3.41. The first-order chi connectivity index (χ1) is 17.9. The highest BCUT2D eigenvalue weighted by Crippen LogP contribution is 2.52. The van der Waals surface area contributed by atoms with Gasteiger partial charge < -0.3 is 30.7 Å². The SMILES string of the molecule is CN(C)C1C(O)=C(C(N)=O)C(=O)[C@@]2(O)C(O)=C3C(=O)c4c(O)ccc(CC(=O)c5ccno5)c4C[C@H]3C[C@@H]12. The molecule has 0 fully saturated rings. The summed E-state index contributed by atoms with van der Waals surface area (Å²) in [4.78, 5) is 53.2. The van der Waals surface area contributed by atoms with Gasteiger partial charge in [-0.05, 0) is 50.0 Å². The van der Waals surface area contributed by atoms with Gasteiger partial charge in [0.05, 0.1) is 17.8 Å². The third-order valence-corrected chi connectivity index (χ3v) is 7.77. The lowest BCUT2D eigenvalue weighted by molar-refractivity contribution is -0.148. The summed E-state index contributed by atoms with van der Waals surface area (Å²) in [6, 6.07) is 3.09. The van der Waals surface area contributed by atoms with Crippen LogP contribution in [0.3, 0.4) is 0 Å². The molecule has 0 spiro atoms. The van der Waals surface area contributed by atoms with Gasteiger partial charge in [-0.15, -0.1) is 0 Å². The van der Waals surface area contributed by atoms with Crippen LogP contribution < -0.4 is 5.73 Å². The number of benzene rings is 1. The normalized spacial score (nSPS) is 26.8. The fourth-order valence-corrected chi connectivity index (χ4v) is 6.10. The lowest BCUT2D eigenvalue weighted by Crippen LogP contribution is -2.63. The van der Waals surface area contributed by atoms with E-state index >= 15 is 0 Å². The predicted octanol–water partition coefficient (Wildman–Crippen LogP) is 0.534. The highest BCUT2D eigenvalue weighted by molar-refractivity contribution is 6.24. The summed E-state index contributed by atoms with van der Waals surface area (Å²) in [7, 11) is 3.11. The molecular weight excluding hydrogens is 498 g/mol. The third-order valence-electron chi connectivity index (χ3n) is 7.77. The molecule has 4 atom stereocenters. The zero-order chi connectivity index (χ0) is 27.7. The predicted molar refractivity (Wildman–Crippen MR) is 128 cm³/mol. The van der Waals surface area contributed by atoms with Gasteiger partial charge in [0.15, 0.2) is 11.4 Å². The summed E-state index contributed by atoms with van der Waals surface area (Å²) < 4.78 is 4.92. The lowest BCUT2D eigenvalue weighted by Gasteiger charge is -2.50. The number of aromatic hydroxyl groups is 1. The van der Waals surface area contributed by atoms with Crippen LogP contribution in [0.1, 0.15) is 38.5 Å². The van der Waals surface area contributed by atoms with Crippen molar-refractivity contribution < 1.29 is 44.1 Å². The van der Waals surface area contributed by atoms with Crippen LogP contribution in [-0.2, 0) is 22.4 Å². The van der Waals surface area contributed by atoms with Gasteiger partial charge in [0.1, 0.15) is 22.8 Å². The van der Waals surface area contributed by atoms with E-state index in [-0.39, 0.29) is 36.2 Å². The Kier molecular flexibility index (Phi) is 5.76. The summed E-state index contributed by atoms with van der Waals surface area (Å²) in [6.45, 7) is 0. The number of primary amides is 1. The Morgan fingerprint density at radius 1 is 1.18 bits per heavy atom. The van der Waals surface area contributed by atoms with Crippen LogP contribution in [0.5, 0.6) is 5.75 Å². The Morgan fingerprint density at radius 2 is 1.89 bits per heavy atom. The van der Waals surface area contributed by atoms with Crippen LogP contribution in [0.4, 0.5) is 0 Å². The fraction of sp³-hybridized carbons (Fsp3) is 0.346. The number of fused-ring (bicyclic) bond motifs is 3. The van der Waals surface area contributed by atoms with E-state index in [1.54, 1.807) is 14.1 Å². The summed E-state index contributed by atoms with van der Waals surface area (Å²) in [5.74, 6) is -7.63. The average Bonchev–Trinajstić information content (AvgIpc) is 3.38. The molecule has 1 amide bonds. The number of amides is 1. The summed E-state index contributed by atoms with van der Waals surface area (Å²) in [5, 5.41) is 47.8. The highest BCUT2D eigenvalue weighted by Gasteiger charge is 2.63. The number of hydrogen-bond donors (Lipinski definition) is 5. The van der Waals surface area contributed by atoms with Crippen molar-refractivity contribution in [1.29, 1.82) is 0 Å². The molecule has 1 aromatic heterocycles. The number of carbonyl (C=O) groups excluding carboxylic acids is 4. The standard InChI is InChI=1S/C26H25N3O9/c1-29(2)20-13-8-11-7-12-10(9-15(31)16-5-6-28-38-16)3-4-14(30)18(12)21(32)17(11)23(34)26(13,37)24(35)19(22(20)33)25(27)36/h3-6,11,13,20,30,33-34,37H,7-9H2,1-2H3,(H2,27,36)/t11-,13-,20?,26-/m0/s1. The van der Waals surface area contributed by atoms with Gasteiger partial charge in [-0.1, -0.05) is 11.2 Å². The maximum Gasteiger partial charge on any atom is 0.255 e. The number of phenolic OH excluding ortho intramolecular Hbond substituents is 1. The zero-order valence-electron chi connectivity index (χ0n) is 20.5. The van der Waals surface area contributed by atoms with Crippen molar-refractivity contribution in [2.24, 2.45) is 17.6 Å². The van der Waals surface area contributed by atoms with E-state index in [1.165, 1.54) is 29.3 Å². The quantitative estimate of drug-likeness (QED) is 0.270. The Balaban J connectivity index is 1.65. The molecule has 198 valence electrons. The minimum absolute atomic E-state index is 0.0250. The first-order valence-corrected chi connectivity index (χ1v) is 11.8. The zero-order valence-corrected chi connectivity index (χ0v) is 20.5. The Labute approximate surface area is 215 Å². The molecule has 0 radical (unpaired) electrons. The number of aliphatic hydroxyl groups is 3. The van der Waals surface area contributed by atoms with E-state index in [0.29, 0.717) is 11.1 Å². The number of likely N-dealkylation sites (N-methyl/N-ethyl adjacent to an activating group) is 1. The van der Waals surface area contributed by atoms with Crippen molar-refractivity contribution in [3.8, 4) is 5.75 Å². The monoisotopic (exact) mass is 523 g/mol. The number of hydrogen-bond acceptors (Lipinski definition) is 11. The maximum atomic E-state index is 13.7. The Hall–Kier alpha value is -4.29. The van der Waals surface area contributed by atoms with Crippen LogP contribution in [-0.4, -0.2) is 79.5 Å². The summed E-state index contributed by atoms with van der Waals surface area (Å²) in [5.41, 5.74) is 2.17. The molecule has 5 rings (SSSR count). The molecule has 0 bridgehead atoms. The molecule has 12 heteroatoms. The van der Waals surface area contributed by atoms with E-state index in [4.69, 9.17) is 10.3 Å². The first kappa shape index (κ1) is 25.4. The van der Waals surface area contributed by atoms with Gasteiger partial charge in [-0.2, -0.15) is 0 Å². The number of nitrogens with two attached hydrogens (primary N) is 1. The molecule has 0 saturated carbocycles. The van der Waals surface area contributed by atoms with E-state index in [1.807, 2.05) is 0 Å². The number of allylic oxidation sites excluding steroid dienone is 1. The first-order valence-electron chi connectivity index (χ1n) is 11.8. The van der Waals surface area contributed by atoms with E-state index in [2.05, 4.69) is 5.16 Å². The number of phenols is 1. The van der Waals surface area contributed by atoms with Crippen molar-refractivity contribution in [2.45, 2.75) is 30.9 Å². The Morgan fingerprint density at radius 3 is 2.50 bits per heavy atom. The van der Waals surface area contributed by atoms with Crippen LogP contribution in [0.25, 0.3) is 0 Å². The number of Topliss-reactive ketones (excluding diaryl/α,β-unsaturated/α-hetero) is 3. The van der Waals surface area contributed by atoms with E-state index in [0.717, 1.165) is 0 Å². The van der Waals surface area contributed by atoms with Crippen LogP contribution in [0, 0.1) is 11.8 Å². The van der Waals surface area contributed by atoms with Crippen molar-refractivity contribution in [3.63, 3.8) is 0 Å². The molecule has 1 unspecified atom stereocenters. The number of nitrogens with zero attached hydrogens (tertiary/aromatic N) is 2. The lowest BCUT2D eigenvalue weighted by atomic mass is 9.58. The van der Waals surface area contributed by atoms with Crippen LogP contribution in [0.2, 0.25) is 0 Å². The topological polar surface area (TPSA) is 204 Å². The molecule has 1 heterocycles. The molecule has 0 aliphatic heterocycles. The number of aromatic nitrogens is 1. The fourth-order valence-electron chi connectivity index (χ4n) is 6.10. The number of aliphatic hydroxyl groups excluding tert-OH is 2. The van der Waals surface area contributed by atoms with Gasteiger partial charge in [-0.25, -0.2) is 0 Å². The Bertz CT molecular complexity index is 1470. The second kappa shape index (κ2) is 8.64. The number of rotatable bonds is 5. The van der Waals surface area contributed by atoms with E-state index < -0.39 is 69.6 Å². The molecule has 0 saturated heterocycles. The van der Waals surface area contributed by atoms with Crippen molar-refractivity contribution in [1.82, 2.24) is 10.1 Å². The van der Waals surface area contributed by atoms with E-state index in [9.17, 15) is 39.6 Å².